The van der Waals surface area contributed by atoms with Crippen LogP contribution in [0.1, 0.15) is 1.37 Å². The van der Waals surface area contributed by atoms with Crippen molar-refractivity contribution in [1.29, 1.82) is 0 Å². The van der Waals surface area contributed by atoms with Gasteiger partial charge in [0.1, 0.15) is 0 Å². The van der Waals surface area contributed by atoms with Crippen molar-refractivity contribution in [2.45, 2.75) is 0 Å². The zero-order valence-corrected chi connectivity index (χ0v) is 13.2. The van der Waals surface area contributed by atoms with E-state index in [-0.39, 0.29) is 0 Å². The van der Waals surface area contributed by atoms with Gasteiger partial charge in [-0.3, -0.25) is 0 Å². The van der Waals surface area contributed by atoms with Crippen LogP contribution in [0.25, 0.3) is 44.5 Å². The Kier molecular flexibility index (Phi) is 2.67. The lowest BCUT2D eigenvalue weighted by Crippen LogP contribution is -1.96. The first-order chi connectivity index (χ1) is 12.3. The van der Waals surface area contributed by atoms with E-state index in [1.165, 1.54) is 27.8 Å². The molecule has 0 nitrogen and oxygen atoms in total. The second-order valence-electron chi connectivity index (χ2n) is 6.10. The summed E-state index contributed by atoms with van der Waals surface area (Å²) in [6.07, 6.45) is 0. The number of rotatable bonds is 0. The van der Waals surface area contributed by atoms with Crippen LogP contribution in [0.2, 0.25) is 0 Å². The molecule has 0 aliphatic heterocycles. The van der Waals surface area contributed by atoms with Gasteiger partial charge in [0.25, 0.3) is 0 Å². The summed E-state index contributed by atoms with van der Waals surface area (Å²) in [5.41, 5.74) is 9.34. The first-order valence-corrected chi connectivity index (χ1v) is 8.23. The minimum absolute atomic E-state index is 0.569. The summed E-state index contributed by atoms with van der Waals surface area (Å²) in [7, 11) is 0. The lowest BCUT2D eigenvalue weighted by atomic mass is 9.81. The third-order valence-electron chi connectivity index (χ3n) is 4.78. The zero-order valence-electron chi connectivity index (χ0n) is 14.2. The maximum absolute atomic E-state index is 8.57. The molecule has 0 heteroatoms. The van der Waals surface area contributed by atoms with Crippen LogP contribution >= 0.6 is 0 Å². The molecule has 0 unspecified atom stereocenters. The van der Waals surface area contributed by atoms with E-state index < -0.39 is 0 Å². The molecular formula is C24H16. The third kappa shape index (κ3) is 1.87. The molecule has 0 radical (unpaired) electrons. The van der Waals surface area contributed by atoms with Gasteiger partial charge < -0.3 is 0 Å². The average Bonchev–Trinajstić information content (AvgIpc) is 2.67. The molecular weight excluding hydrogens is 288 g/mol. The summed E-state index contributed by atoms with van der Waals surface area (Å²) in [5.74, 6) is 0. The van der Waals surface area contributed by atoms with Crippen LogP contribution in [0.3, 0.4) is 0 Å². The summed E-state index contributed by atoms with van der Waals surface area (Å²) >= 11 is 0. The molecule has 0 spiro atoms. The zero-order chi connectivity index (χ0) is 16.8. The van der Waals surface area contributed by atoms with Crippen LogP contribution in [0.5, 0.6) is 0 Å². The van der Waals surface area contributed by atoms with Crippen LogP contribution in [-0.2, 0) is 0 Å². The lowest BCUT2D eigenvalue weighted by Gasteiger charge is -2.22. The first-order valence-electron chi connectivity index (χ1n) is 8.73. The number of hydrogen-bond donors (Lipinski definition) is 0. The summed E-state index contributed by atoms with van der Waals surface area (Å²) in [5, 5.41) is 0. The summed E-state index contributed by atoms with van der Waals surface area (Å²) in [6, 6.07) is 32.1. The van der Waals surface area contributed by atoms with Crippen molar-refractivity contribution in [3.8, 4) is 44.5 Å². The molecule has 0 saturated heterocycles. The minimum Gasteiger partial charge on any atom is -0.0616 e. The summed E-state index contributed by atoms with van der Waals surface area (Å²) in [6.45, 7) is 0. The lowest BCUT2D eigenvalue weighted by molar-refractivity contribution is 1.52. The molecule has 0 fully saturated rings. The fourth-order valence-electron chi connectivity index (χ4n) is 3.73. The molecule has 0 atom stereocenters. The molecule has 24 heavy (non-hydrogen) atoms. The normalized spacial score (nSPS) is 11.9. The van der Waals surface area contributed by atoms with E-state index in [2.05, 4.69) is 78.9 Å². The van der Waals surface area contributed by atoms with E-state index in [1.54, 1.807) is 0 Å². The molecule has 0 bridgehead atoms. The summed E-state index contributed by atoms with van der Waals surface area (Å²) in [4.78, 5) is 0. The second kappa shape index (κ2) is 5.21. The van der Waals surface area contributed by atoms with E-state index in [4.69, 9.17) is 1.37 Å². The van der Waals surface area contributed by atoms with Crippen molar-refractivity contribution in [3.05, 3.63) is 97.0 Å². The van der Waals surface area contributed by atoms with E-state index in [0.29, 0.717) is 6.04 Å². The van der Waals surface area contributed by atoms with Crippen molar-refractivity contribution >= 4 is 0 Å². The van der Waals surface area contributed by atoms with E-state index in [9.17, 15) is 0 Å². The maximum atomic E-state index is 8.57. The van der Waals surface area contributed by atoms with Gasteiger partial charge in [0, 0.05) is 0 Å². The Balaban J connectivity index is 2.03. The van der Waals surface area contributed by atoms with E-state index >= 15 is 0 Å². The maximum Gasteiger partial charge on any atom is 0.0629 e. The van der Waals surface area contributed by atoms with Gasteiger partial charge in [0.2, 0.25) is 0 Å². The molecule has 0 N–H and O–H groups in total. The Bertz CT molecular complexity index is 1100. The average molecular weight is 305 g/mol. The SMILES string of the molecule is [2H]c1cccc2c1-c1ccccc1-c1ccccc1-c1ccccc1-2. The molecule has 0 saturated carbocycles. The molecule has 4 aromatic rings. The highest BCUT2D eigenvalue weighted by Crippen LogP contribution is 2.46. The molecule has 1 aliphatic carbocycles. The first kappa shape index (κ1) is 12.3. The van der Waals surface area contributed by atoms with Gasteiger partial charge in [-0.1, -0.05) is 97.0 Å². The molecule has 0 heterocycles. The third-order valence-corrected chi connectivity index (χ3v) is 4.78. The highest BCUT2D eigenvalue weighted by molar-refractivity contribution is 6.02. The molecule has 4 aromatic carbocycles. The predicted molar refractivity (Wildman–Crippen MR) is 102 cm³/mol. The second-order valence-corrected chi connectivity index (χ2v) is 6.10. The van der Waals surface area contributed by atoms with Crippen molar-refractivity contribution in [2.75, 3.05) is 0 Å². The smallest absolute Gasteiger partial charge is 0.0616 e. The minimum atomic E-state index is 0.569. The van der Waals surface area contributed by atoms with Crippen LogP contribution in [-0.4, -0.2) is 0 Å². The Labute approximate surface area is 143 Å². The molecule has 0 aromatic heterocycles. The van der Waals surface area contributed by atoms with Gasteiger partial charge in [-0.05, 0) is 44.5 Å². The number of hydrogen-bond acceptors (Lipinski definition) is 0. The van der Waals surface area contributed by atoms with Crippen LogP contribution in [0.15, 0.2) is 97.0 Å². The highest BCUT2D eigenvalue weighted by Gasteiger charge is 2.20. The van der Waals surface area contributed by atoms with Gasteiger partial charge in [-0.25, -0.2) is 0 Å². The van der Waals surface area contributed by atoms with Gasteiger partial charge >= 0.3 is 0 Å². The highest BCUT2D eigenvalue weighted by atomic mass is 14.2. The van der Waals surface area contributed by atoms with Gasteiger partial charge in [0.05, 0.1) is 1.37 Å². The molecule has 112 valence electrons. The molecule has 5 rings (SSSR count). The quantitative estimate of drug-likeness (QED) is 0.300. The monoisotopic (exact) mass is 305 g/mol. The summed E-state index contributed by atoms with van der Waals surface area (Å²) < 4.78 is 8.57. The largest absolute Gasteiger partial charge is 0.0629 e. The molecule has 1 aliphatic rings. The Morgan fingerprint density at radius 3 is 0.958 bits per heavy atom. The van der Waals surface area contributed by atoms with Gasteiger partial charge in [-0.15, -0.1) is 0 Å². The predicted octanol–water partition coefficient (Wildman–Crippen LogP) is 6.67. The van der Waals surface area contributed by atoms with Crippen LogP contribution in [0.4, 0.5) is 0 Å². The van der Waals surface area contributed by atoms with Crippen molar-refractivity contribution in [3.63, 3.8) is 0 Å². The molecule has 0 amide bonds. The Morgan fingerprint density at radius 2 is 0.583 bits per heavy atom. The number of benzene rings is 4. The van der Waals surface area contributed by atoms with Gasteiger partial charge in [-0.2, -0.15) is 0 Å². The fraction of sp³-hybridized carbons (Fsp3) is 0. The van der Waals surface area contributed by atoms with Crippen molar-refractivity contribution < 1.29 is 1.37 Å². The van der Waals surface area contributed by atoms with E-state index in [1.807, 2.05) is 12.1 Å². The van der Waals surface area contributed by atoms with E-state index in [0.717, 1.165) is 16.7 Å². The Morgan fingerprint density at radius 1 is 0.333 bits per heavy atom. The number of fused-ring (bicyclic) bond motifs is 8. The van der Waals surface area contributed by atoms with Crippen molar-refractivity contribution in [2.24, 2.45) is 0 Å². The van der Waals surface area contributed by atoms with Crippen LogP contribution in [0, 0.1) is 0 Å². The standard InChI is InChI=1S/C24H16/c1-2-10-18-17(9-1)19-11-3-4-13-21(19)23-15-7-8-16-24(23)22-14-6-5-12-20(18)22/h1-16H/i9D. The van der Waals surface area contributed by atoms with Crippen LogP contribution < -0.4 is 0 Å². The van der Waals surface area contributed by atoms with Gasteiger partial charge in [0.15, 0.2) is 0 Å². The topological polar surface area (TPSA) is 0 Å². The Hall–Kier alpha value is -3.12. The fourth-order valence-corrected chi connectivity index (χ4v) is 3.73. The van der Waals surface area contributed by atoms with Crippen molar-refractivity contribution in [1.82, 2.24) is 0 Å².